The molecule has 0 aliphatic rings. The minimum Gasteiger partial charge on any atom is -0.481 e. The first-order chi connectivity index (χ1) is 5.00. The number of carboxylic acids is 1. The van der Waals surface area contributed by atoms with Crippen LogP contribution in [0.3, 0.4) is 0 Å². The molecule has 11 heavy (non-hydrogen) atoms. The number of aliphatic hydroxyl groups is 1. The molecule has 0 aliphatic heterocycles. The lowest BCUT2D eigenvalue weighted by atomic mass is 9.92. The van der Waals surface area contributed by atoms with E-state index in [0.717, 1.165) is 6.42 Å². The second kappa shape index (κ2) is 4.34. The first-order valence-corrected chi connectivity index (χ1v) is 3.91. The van der Waals surface area contributed by atoms with Crippen molar-refractivity contribution in [2.24, 2.45) is 11.8 Å². The molecule has 0 rings (SSSR count). The molecule has 0 radical (unpaired) electrons. The lowest BCUT2D eigenvalue weighted by Gasteiger charge is -2.20. The molecular weight excluding hydrogens is 144 g/mol. The van der Waals surface area contributed by atoms with E-state index in [1.807, 2.05) is 13.8 Å². The van der Waals surface area contributed by atoms with E-state index in [9.17, 15) is 9.90 Å². The summed E-state index contributed by atoms with van der Waals surface area (Å²) in [5.41, 5.74) is 0. The third kappa shape index (κ3) is 2.89. The van der Waals surface area contributed by atoms with Crippen LogP contribution in [0.5, 0.6) is 0 Å². The lowest BCUT2D eigenvalue weighted by Crippen LogP contribution is -2.30. The van der Waals surface area contributed by atoms with Crippen LogP contribution in [0.1, 0.15) is 27.2 Å². The number of carbonyl (C=O) groups is 1. The van der Waals surface area contributed by atoms with Crippen molar-refractivity contribution < 1.29 is 15.0 Å². The van der Waals surface area contributed by atoms with Gasteiger partial charge in [-0.05, 0) is 12.8 Å². The largest absolute Gasteiger partial charge is 0.481 e. The Labute approximate surface area is 67.0 Å². The van der Waals surface area contributed by atoms with E-state index < -0.39 is 18.0 Å². The van der Waals surface area contributed by atoms with E-state index in [4.69, 9.17) is 5.11 Å². The van der Waals surface area contributed by atoms with Gasteiger partial charge in [-0.15, -0.1) is 0 Å². The van der Waals surface area contributed by atoms with Gasteiger partial charge < -0.3 is 10.2 Å². The molecule has 0 saturated heterocycles. The Morgan fingerprint density at radius 3 is 2.18 bits per heavy atom. The molecule has 66 valence electrons. The molecule has 3 atom stereocenters. The number of rotatable bonds is 4. The maximum Gasteiger partial charge on any atom is 0.308 e. The zero-order valence-corrected chi connectivity index (χ0v) is 7.24. The Morgan fingerprint density at radius 1 is 1.45 bits per heavy atom. The van der Waals surface area contributed by atoms with Crippen molar-refractivity contribution in [2.75, 3.05) is 0 Å². The van der Waals surface area contributed by atoms with Crippen molar-refractivity contribution in [2.45, 2.75) is 33.3 Å². The van der Waals surface area contributed by atoms with E-state index in [2.05, 4.69) is 0 Å². The molecule has 0 amide bonds. The summed E-state index contributed by atoms with van der Waals surface area (Å²) >= 11 is 0. The average molecular weight is 160 g/mol. The molecule has 0 fully saturated rings. The summed E-state index contributed by atoms with van der Waals surface area (Å²) in [7, 11) is 0. The van der Waals surface area contributed by atoms with Crippen LogP contribution in [0, 0.1) is 11.8 Å². The molecule has 0 heterocycles. The SMILES string of the molecule is CC[C@H](C)[C@@H](O)[C@@H](C)C(=O)O. The van der Waals surface area contributed by atoms with Gasteiger partial charge in [0.25, 0.3) is 0 Å². The normalized spacial score (nSPS) is 18.9. The van der Waals surface area contributed by atoms with Crippen molar-refractivity contribution in [3.8, 4) is 0 Å². The fourth-order valence-electron chi connectivity index (χ4n) is 0.880. The van der Waals surface area contributed by atoms with Crippen LogP contribution in [0.2, 0.25) is 0 Å². The molecule has 0 aromatic carbocycles. The van der Waals surface area contributed by atoms with Gasteiger partial charge in [0, 0.05) is 0 Å². The van der Waals surface area contributed by atoms with Crippen LogP contribution in [0.4, 0.5) is 0 Å². The van der Waals surface area contributed by atoms with Crippen molar-refractivity contribution >= 4 is 5.97 Å². The smallest absolute Gasteiger partial charge is 0.308 e. The molecular formula is C8H16O3. The van der Waals surface area contributed by atoms with E-state index in [1.165, 1.54) is 6.92 Å². The van der Waals surface area contributed by atoms with Gasteiger partial charge in [0.15, 0.2) is 0 Å². The van der Waals surface area contributed by atoms with Crippen LogP contribution >= 0.6 is 0 Å². The standard InChI is InChI=1S/C8H16O3/c1-4-5(2)7(9)6(3)8(10)11/h5-7,9H,4H2,1-3H3,(H,10,11)/t5-,6+,7+/m0/s1. The van der Waals surface area contributed by atoms with E-state index in [1.54, 1.807) is 0 Å². The predicted octanol–water partition coefficient (Wildman–Crippen LogP) is 1.11. The maximum atomic E-state index is 10.4. The highest BCUT2D eigenvalue weighted by molar-refractivity contribution is 5.70. The van der Waals surface area contributed by atoms with Gasteiger partial charge in [-0.2, -0.15) is 0 Å². The van der Waals surface area contributed by atoms with Crippen LogP contribution < -0.4 is 0 Å². The third-order valence-electron chi connectivity index (χ3n) is 2.13. The number of hydrogen-bond acceptors (Lipinski definition) is 2. The average Bonchev–Trinajstić information content (AvgIpc) is 2.00. The Balaban J connectivity index is 4.00. The number of aliphatic carboxylic acids is 1. The Kier molecular flexibility index (Phi) is 4.11. The third-order valence-corrected chi connectivity index (χ3v) is 2.13. The van der Waals surface area contributed by atoms with Gasteiger partial charge in [0.05, 0.1) is 12.0 Å². The molecule has 0 aromatic rings. The first-order valence-electron chi connectivity index (χ1n) is 3.91. The molecule has 2 N–H and O–H groups in total. The number of aliphatic hydroxyl groups excluding tert-OH is 1. The molecule has 0 aliphatic carbocycles. The van der Waals surface area contributed by atoms with Crippen molar-refractivity contribution in [1.29, 1.82) is 0 Å². The highest BCUT2D eigenvalue weighted by atomic mass is 16.4. The topological polar surface area (TPSA) is 57.5 Å². The zero-order valence-electron chi connectivity index (χ0n) is 7.24. The van der Waals surface area contributed by atoms with Crippen LogP contribution in [-0.4, -0.2) is 22.3 Å². The fourth-order valence-corrected chi connectivity index (χ4v) is 0.880. The quantitative estimate of drug-likeness (QED) is 0.647. The van der Waals surface area contributed by atoms with Crippen LogP contribution in [0.15, 0.2) is 0 Å². The van der Waals surface area contributed by atoms with Gasteiger partial charge in [0.1, 0.15) is 0 Å². The number of carboxylic acid groups (broad SMARTS) is 1. The molecule has 0 unspecified atom stereocenters. The van der Waals surface area contributed by atoms with Gasteiger partial charge >= 0.3 is 5.97 Å². The second-order valence-corrected chi connectivity index (χ2v) is 3.00. The minimum absolute atomic E-state index is 0.0566. The predicted molar refractivity (Wildman–Crippen MR) is 42.3 cm³/mol. The molecule has 0 spiro atoms. The van der Waals surface area contributed by atoms with Gasteiger partial charge in [-0.3, -0.25) is 4.79 Å². The van der Waals surface area contributed by atoms with Crippen molar-refractivity contribution in [3.05, 3.63) is 0 Å². The zero-order chi connectivity index (χ0) is 9.02. The van der Waals surface area contributed by atoms with Gasteiger partial charge in [-0.25, -0.2) is 0 Å². The monoisotopic (exact) mass is 160 g/mol. The minimum atomic E-state index is -0.933. The fraction of sp³-hybridized carbons (Fsp3) is 0.875. The van der Waals surface area contributed by atoms with Crippen molar-refractivity contribution in [3.63, 3.8) is 0 Å². The molecule has 0 saturated carbocycles. The summed E-state index contributed by atoms with van der Waals surface area (Å²) in [5.74, 6) is -1.54. The molecule has 3 heteroatoms. The summed E-state index contributed by atoms with van der Waals surface area (Å²) in [6, 6.07) is 0. The molecule has 0 bridgehead atoms. The maximum absolute atomic E-state index is 10.4. The highest BCUT2D eigenvalue weighted by Crippen LogP contribution is 2.15. The van der Waals surface area contributed by atoms with Gasteiger partial charge in [-0.1, -0.05) is 20.3 Å². The molecule has 3 nitrogen and oxygen atoms in total. The summed E-state index contributed by atoms with van der Waals surface area (Å²) in [4.78, 5) is 10.4. The van der Waals surface area contributed by atoms with Crippen LogP contribution in [-0.2, 0) is 4.79 Å². The Hall–Kier alpha value is -0.570. The first kappa shape index (κ1) is 10.4. The van der Waals surface area contributed by atoms with E-state index in [0.29, 0.717) is 0 Å². The van der Waals surface area contributed by atoms with Gasteiger partial charge in [0.2, 0.25) is 0 Å². The van der Waals surface area contributed by atoms with Crippen molar-refractivity contribution in [1.82, 2.24) is 0 Å². The number of hydrogen-bond donors (Lipinski definition) is 2. The second-order valence-electron chi connectivity index (χ2n) is 3.00. The Bertz CT molecular complexity index is 133. The lowest BCUT2D eigenvalue weighted by molar-refractivity contribution is -0.146. The summed E-state index contributed by atoms with van der Waals surface area (Å²) < 4.78 is 0. The highest BCUT2D eigenvalue weighted by Gasteiger charge is 2.24. The molecule has 0 aromatic heterocycles. The summed E-state index contributed by atoms with van der Waals surface area (Å²) in [5, 5.41) is 17.9. The summed E-state index contributed by atoms with van der Waals surface area (Å²) in [6.07, 6.45) is 0.0798. The van der Waals surface area contributed by atoms with Crippen LogP contribution in [0.25, 0.3) is 0 Å². The Morgan fingerprint density at radius 2 is 1.91 bits per heavy atom. The van der Waals surface area contributed by atoms with E-state index in [-0.39, 0.29) is 5.92 Å². The van der Waals surface area contributed by atoms with E-state index >= 15 is 0 Å². The summed E-state index contributed by atoms with van der Waals surface area (Å²) in [6.45, 7) is 5.31.